The van der Waals surface area contributed by atoms with E-state index in [0.29, 0.717) is 12.4 Å². The van der Waals surface area contributed by atoms with E-state index < -0.39 is 5.95 Å². The summed E-state index contributed by atoms with van der Waals surface area (Å²) in [4.78, 5) is 7.67. The minimum Gasteiger partial charge on any atom is -0.215 e. The van der Waals surface area contributed by atoms with Crippen molar-refractivity contribution in [3.63, 3.8) is 0 Å². The van der Waals surface area contributed by atoms with E-state index >= 15 is 0 Å². The fourth-order valence-corrected chi connectivity index (χ4v) is 1.68. The molecule has 0 saturated carbocycles. The van der Waals surface area contributed by atoms with Gasteiger partial charge in [-0.15, -0.1) is 0 Å². The van der Waals surface area contributed by atoms with Gasteiger partial charge in [-0.1, -0.05) is 11.8 Å². The highest BCUT2D eigenvalue weighted by molar-refractivity contribution is 14.1. The fraction of sp³-hybridized carbons (Fsp3) is 0.200. The van der Waals surface area contributed by atoms with Crippen molar-refractivity contribution in [2.45, 2.75) is 5.16 Å². The number of rotatable bonds is 1. The van der Waals surface area contributed by atoms with Gasteiger partial charge in [-0.3, -0.25) is 0 Å². The molecular weight excluding hydrogens is 393 g/mol. The molecule has 0 aliphatic carbocycles. The van der Waals surface area contributed by atoms with Gasteiger partial charge in [-0.2, -0.15) is 9.37 Å². The molecule has 1 heterocycles. The second kappa shape index (κ2) is 4.17. The van der Waals surface area contributed by atoms with Crippen molar-refractivity contribution in [1.82, 2.24) is 9.97 Å². The summed E-state index contributed by atoms with van der Waals surface area (Å²) in [5.41, 5.74) is 0. The van der Waals surface area contributed by atoms with E-state index in [1.807, 2.05) is 51.4 Å². The predicted octanol–water partition coefficient (Wildman–Crippen LogP) is 2.55. The number of halogens is 3. The number of thioether (sulfide) groups is 1. The Morgan fingerprint density at radius 2 is 2.00 bits per heavy atom. The molecule has 1 rings (SSSR count). The van der Waals surface area contributed by atoms with Crippen molar-refractivity contribution in [2.24, 2.45) is 0 Å². The van der Waals surface area contributed by atoms with Crippen molar-refractivity contribution in [3.05, 3.63) is 13.2 Å². The first-order valence-corrected chi connectivity index (χ1v) is 5.96. The second-order valence-electron chi connectivity index (χ2n) is 1.61. The van der Waals surface area contributed by atoms with Gasteiger partial charge in [0.15, 0.2) is 5.16 Å². The molecule has 0 spiro atoms. The summed E-state index contributed by atoms with van der Waals surface area (Å²) in [7, 11) is 0. The molecule has 0 radical (unpaired) electrons. The van der Waals surface area contributed by atoms with Gasteiger partial charge in [0.05, 0.1) is 0 Å². The Bertz CT molecular complexity index is 258. The first-order valence-electron chi connectivity index (χ1n) is 2.57. The Labute approximate surface area is 95.0 Å². The lowest BCUT2D eigenvalue weighted by molar-refractivity contribution is 0.551. The van der Waals surface area contributed by atoms with Gasteiger partial charge in [0.1, 0.15) is 7.27 Å². The van der Waals surface area contributed by atoms with Crippen LogP contribution in [0.3, 0.4) is 0 Å². The molecule has 0 amide bonds. The summed E-state index contributed by atoms with van der Waals surface area (Å²) < 4.78 is 14.0. The molecule has 0 aromatic carbocycles. The van der Waals surface area contributed by atoms with Gasteiger partial charge in [0.2, 0.25) is 5.95 Å². The Kier molecular flexibility index (Phi) is 3.75. The number of nitrogens with zero attached hydrogens (tertiary/aromatic N) is 2. The Hall–Kier alpha value is 0.820. The molecule has 1 aromatic heterocycles. The van der Waals surface area contributed by atoms with Crippen LogP contribution in [0.4, 0.5) is 4.39 Å². The zero-order valence-corrected chi connectivity index (χ0v) is 10.6. The Balaban J connectivity index is 3.21. The van der Waals surface area contributed by atoms with Crippen LogP contribution in [0.25, 0.3) is 0 Å². The minimum atomic E-state index is -0.436. The molecular formula is C5H3FI2N2S. The van der Waals surface area contributed by atoms with Crippen LogP contribution in [0.5, 0.6) is 0 Å². The molecule has 60 valence electrons. The SMILES string of the molecule is CSc1nc(F)c(I)c(I)n1. The lowest BCUT2D eigenvalue weighted by Gasteiger charge is -1.98. The summed E-state index contributed by atoms with van der Waals surface area (Å²) in [6, 6.07) is 0. The van der Waals surface area contributed by atoms with E-state index in [1.54, 1.807) is 0 Å². The van der Waals surface area contributed by atoms with Crippen LogP contribution in [-0.4, -0.2) is 16.2 Å². The maximum atomic E-state index is 12.9. The van der Waals surface area contributed by atoms with Crippen LogP contribution in [0, 0.1) is 13.2 Å². The predicted molar refractivity (Wildman–Crippen MR) is 59.2 cm³/mol. The quantitative estimate of drug-likeness (QED) is 0.316. The summed E-state index contributed by atoms with van der Waals surface area (Å²) in [6.45, 7) is 0. The van der Waals surface area contributed by atoms with E-state index in [9.17, 15) is 4.39 Å². The van der Waals surface area contributed by atoms with Gasteiger partial charge >= 0.3 is 0 Å². The van der Waals surface area contributed by atoms with Gasteiger partial charge < -0.3 is 0 Å². The molecule has 0 bridgehead atoms. The summed E-state index contributed by atoms with van der Waals surface area (Å²) in [5.74, 6) is -0.436. The molecule has 2 nitrogen and oxygen atoms in total. The number of aromatic nitrogens is 2. The first-order chi connectivity index (χ1) is 5.15. The summed E-state index contributed by atoms with van der Waals surface area (Å²) in [5, 5.41) is 0.479. The van der Waals surface area contributed by atoms with E-state index in [2.05, 4.69) is 9.97 Å². The zero-order chi connectivity index (χ0) is 8.43. The summed E-state index contributed by atoms with van der Waals surface area (Å²) in [6.07, 6.45) is 1.82. The van der Waals surface area contributed by atoms with E-state index in [1.165, 1.54) is 11.8 Å². The third-order valence-corrected chi connectivity index (χ3v) is 4.25. The average Bonchev–Trinajstić information content (AvgIpc) is 1.99. The van der Waals surface area contributed by atoms with Crippen molar-refractivity contribution in [2.75, 3.05) is 6.26 Å². The van der Waals surface area contributed by atoms with Crippen molar-refractivity contribution in [1.29, 1.82) is 0 Å². The van der Waals surface area contributed by atoms with E-state index in [-0.39, 0.29) is 0 Å². The largest absolute Gasteiger partial charge is 0.231 e. The van der Waals surface area contributed by atoms with Crippen molar-refractivity contribution < 1.29 is 4.39 Å². The van der Waals surface area contributed by atoms with E-state index in [0.717, 1.165) is 0 Å². The van der Waals surface area contributed by atoms with Crippen molar-refractivity contribution in [3.8, 4) is 0 Å². The molecule has 1 aromatic rings. The first kappa shape index (κ1) is 9.90. The maximum absolute atomic E-state index is 12.9. The third kappa shape index (κ3) is 2.38. The molecule has 0 saturated heterocycles. The van der Waals surface area contributed by atoms with Crippen LogP contribution < -0.4 is 0 Å². The highest BCUT2D eigenvalue weighted by Crippen LogP contribution is 2.18. The lowest BCUT2D eigenvalue weighted by Crippen LogP contribution is -1.98. The highest BCUT2D eigenvalue weighted by Gasteiger charge is 2.08. The maximum Gasteiger partial charge on any atom is 0.231 e. The van der Waals surface area contributed by atoms with Gasteiger partial charge in [-0.25, -0.2) is 4.98 Å². The molecule has 0 unspecified atom stereocenters. The average molecular weight is 396 g/mol. The topological polar surface area (TPSA) is 25.8 Å². The molecule has 11 heavy (non-hydrogen) atoms. The molecule has 0 aliphatic heterocycles. The minimum absolute atomic E-state index is 0.436. The van der Waals surface area contributed by atoms with Gasteiger partial charge in [0.25, 0.3) is 0 Å². The third-order valence-electron chi connectivity index (χ3n) is 0.932. The van der Waals surface area contributed by atoms with Crippen LogP contribution in [-0.2, 0) is 0 Å². The molecule has 6 heteroatoms. The smallest absolute Gasteiger partial charge is 0.215 e. The Morgan fingerprint density at radius 3 is 2.45 bits per heavy atom. The number of hydrogen-bond donors (Lipinski definition) is 0. The van der Waals surface area contributed by atoms with E-state index in [4.69, 9.17) is 0 Å². The molecule has 0 N–H and O–H groups in total. The van der Waals surface area contributed by atoms with Crippen molar-refractivity contribution >= 4 is 56.9 Å². The number of hydrogen-bond acceptors (Lipinski definition) is 3. The van der Waals surface area contributed by atoms with Gasteiger partial charge in [0, 0.05) is 0 Å². The fourth-order valence-electron chi connectivity index (χ4n) is 0.468. The lowest BCUT2D eigenvalue weighted by atomic mass is 10.7. The molecule has 0 fully saturated rings. The monoisotopic (exact) mass is 396 g/mol. The highest BCUT2D eigenvalue weighted by atomic mass is 127. The second-order valence-corrected chi connectivity index (χ2v) is 4.48. The normalized spacial score (nSPS) is 10.2. The van der Waals surface area contributed by atoms with Crippen LogP contribution in [0.1, 0.15) is 0 Å². The van der Waals surface area contributed by atoms with Crippen LogP contribution in [0.2, 0.25) is 0 Å². The van der Waals surface area contributed by atoms with Crippen LogP contribution >= 0.6 is 56.9 Å². The zero-order valence-electron chi connectivity index (χ0n) is 5.44. The Morgan fingerprint density at radius 1 is 1.36 bits per heavy atom. The molecule has 0 aliphatic rings. The van der Waals surface area contributed by atoms with Crippen LogP contribution in [0.15, 0.2) is 5.16 Å². The standard InChI is InChI=1S/C5H3FI2N2S/c1-11-5-9-3(6)2(7)4(8)10-5/h1H3. The molecule has 0 atom stereocenters. The van der Waals surface area contributed by atoms with Gasteiger partial charge in [-0.05, 0) is 51.4 Å². The summed E-state index contributed by atoms with van der Waals surface area (Å²) >= 11 is 5.21.